The number of benzene rings is 1. The van der Waals surface area contributed by atoms with Gasteiger partial charge in [0.25, 0.3) is 5.91 Å². The molecule has 1 amide bonds. The van der Waals surface area contributed by atoms with Crippen molar-refractivity contribution in [3.8, 4) is 0 Å². The Labute approximate surface area is 129 Å². The number of ether oxygens (including phenoxy) is 1. The van der Waals surface area contributed by atoms with Crippen molar-refractivity contribution in [2.24, 2.45) is 0 Å². The van der Waals surface area contributed by atoms with Crippen LogP contribution >= 0.6 is 12.2 Å². The van der Waals surface area contributed by atoms with Gasteiger partial charge in [-0.1, -0.05) is 6.07 Å². The highest BCUT2D eigenvalue weighted by molar-refractivity contribution is 7.80. The van der Waals surface area contributed by atoms with Gasteiger partial charge in [0.2, 0.25) is 0 Å². The number of hydrazine groups is 1. The molecule has 0 spiro atoms. The molecule has 0 unspecified atom stereocenters. The van der Waals surface area contributed by atoms with Crippen LogP contribution in [0, 0.1) is 12.7 Å². The lowest BCUT2D eigenvalue weighted by Gasteiger charge is -2.21. The smallest absolute Gasteiger partial charge is 0.269 e. The maximum Gasteiger partial charge on any atom is 0.269 e. The number of hydrogen-bond acceptors (Lipinski definition) is 3. The number of carbonyl (C=O) groups excluding carboxylic acids is 1. The normalized spacial score (nSPS) is 10.1. The van der Waals surface area contributed by atoms with Crippen molar-refractivity contribution in [2.75, 3.05) is 27.3 Å². The Bertz CT molecular complexity index is 511. The van der Waals surface area contributed by atoms with Crippen molar-refractivity contribution in [2.45, 2.75) is 13.3 Å². The van der Waals surface area contributed by atoms with Crippen LogP contribution in [0.15, 0.2) is 18.2 Å². The van der Waals surface area contributed by atoms with Crippen molar-refractivity contribution < 1.29 is 13.9 Å². The summed E-state index contributed by atoms with van der Waals surface area (Å²) in [7, 11) is 3.25. The lowest BCUT2D eigenvalue weighted by molar-refractivity contribution is 0.0885. The van der Waals surface area contributed by atoms with Crippen molar-refractivity contribution >= 4 is 23.2 Å². The Morgan fingerprint density at radius 2 is 2.19 bits per heavy atom. The molecule has 7 heteroatoms. The fourth-order valence-electron chi connectivity index (χ4n) is 1.53. The van der Waals surface area contributed by atoms with E-state index in [-0.39, 0.29) is 5.56 Å². The lowest BCUT2D eigenvalue weighted by atomic mass is 10.1. The third-order valence-corrected chi connectivity index (χ3v) is 3.23. The van der Waals surface area contributed by atoms with Crippen LogP contribution in [0.3, 0.4) is 0 Å². The summed E-state index contributed by atoms with van der Waals surface area (Å²) in [5.41, 5.74) is 3.31. The standard InChI is InChI=1S/C14H20FN3O2S/c1-10-5-6-11(9-12(10)15)13(19)17-18(2)14(21)16-7-4-8-20-3/h5-6,9H,4,7-8H2,1-3H3,(H,16,21)(H,17,19). The molecule has 5 nitrogen and oxygen atoms in total. The van der Waals surface area contributed by atoms with Crippen LogP contribution in [0.25, 0.3) is 0 Å². The zero-order valence-electron chi connectivity index (χ0n) is 12.4. The van der Waals surface area contributed by atoms with Crippen LogP contribution < -0.4 is 10.7 Å². The van der Waals surface area contributed by atoms with Gasteiger partial charge in [-0.05, 0) is 43.3 Å². The molecule has 0 radical (unpaired) electrons. The minimum absolute atomic E-state index is 0.243. The summed E-state index contributed by atoms with van der Waals surface area (Å²) in [5, 5.41) is 4.76. The van der Waals surface area contributed by atoms with Gasteiger partial charge in [-0.2, -0.15) is 0 Å². The molecule has 0 aliphatic carbocycles. The van der Waals surface area contributed by atoms with Crippen molar-refractivity contribution in [3.05, 3.63) is 35.1 Å². The number of hydrogen-bond donors (Lipinski definition) is 2. The quantitative estimate of drug-likeness (QED) is 0.491. The maximum atomic E-state index is 13.4. The Kier molecular flexibility index (Phi) is 7.04. The monoisotopic (exact) mass is 313 g/mol. The first-order chi connectivity index (χ1) is 9.95. The average molecular weight is 313 g/mol. The van der Waals surface area contributed by atoms with Gasteiger partial charge in [0.1, 0.15) is 5.82 Å². The first kappa shape index (κ1) is 17.3. The molecule has 0 saturated heterocycles. The minimum atomic E-state index is -0.419. The van der Waals surface area contributed by atoms with E-state index in [0.29, 0.717) is 23.8 Å². The molecule has 0 bridgehead atoms. The fourth-order valence-corrected chi connectivity index (χ4v) is 1.68. The summed E-state index contributed by atoms with van der Waals surface area (Å²) in [4.78, 5) is 12.0. The third kappa shape index (κ3) is 5.65. The van der Waals surface area contributed by atoms with Gasteiger partial charge in [0.15, 0.2) is 5.11 Å². The molecular formula is C14H20FN3O2S. The topological polar surface area (TPSA) is 53.6 Å². The molecule has 0 aliphatic rings. The Morgan fingerprint density at radius 1 is 1.48 bits per heavy atom. The van der Waals surface area contributed by atoms with Gasteiger partial charge < -0.3 is 10.1 Å². The predicted molar refractivity (Wildman–Crippen MR) is 83.5 cm³/mol. The van der Waals surface area contributed by atoms with E-state index in [1.807, 2.05) is 0 Å². The summed E-state index contributed by atoms with van der Waals surface area (Å²) in [5.74, 6) is -0.831. The Morgan fingerprint density at radius 3 is 2.81 bits per heavy atom. The first-order valence-electron chi connectivity index (χ1n) is 6.53. The van der Waals surface area contributed by atoms with Crippen molar-refractivity contribution in [1.82, 2.24) is 15.8 Å². The van der Waals surface area contributed by atoms with Crippen LogP contribution in [0.5, 0.6) is 0 Å². The zero-order valence-corrected chi connectivity index (χ0v) is 13.2. The molecule has 0 atom stereocenters. The highest BCUT2D eigenvalue weighted by Gasteiger charge is 2.11. The van der Waals surface area contributed by atoms with Crippen LogP contribution in [0.1, 0.15) is 22.3 Å². The number of halogens is 1. The largest absolute Gasteiger partial charge is 0.385 e. The van der Waals surface area contributed by atoms with E-state index in [1.165, 1.54) is 11.1 Å². The SMILES string of the molecule is COCCCNC(=S)N(C)NC(=O)c1ccc(C)c(F)c1. The summed E-state index contributed by atoms with van der Waals surface area (Å²) >= 11 is 5.13. The molecule has 1 aromatic carbocycles. The highest BCUT2D eigenvalue weighted by Crippen LogP contribution is 2.09. The lowest BCUT2D eigenvalue weighted by Crippen LogP contribution is -2.48. The summed E-state index contributed by atoms with van der Waals surface area (Å²) in [6.07, 6.45) is 0.807. The third-order valence-electron chi connectivity index (χ3n) is 2.81. The molecule has 21 heavy (non-hydrogen) atoms. The number of carbonyl (C=O) groups is 1. The van der Waals surface area contributed by atoms with E-state index in [2.05, 4.69) is 10.7 Å². The second-order valence-electron chi connectivity index (χ2n) is 4.54. The number of amides is 1. The van der Waals surface area contributed by atoms with Crippen LogP contribution in [-0.4, -0.2) is 43.3 Å². The second-order valence-corrected chi connectivity index (χ2v) is 4.93. The highest BCUT2D eigenvalue weighted by atomic mass is 32.1. The van der Waals surface area contributed by atoms with Crippen molar-refractivity contribution in [1.29, 1.82) is 0 Å². The number of thiocarbonyl (C=S) groups is 1. The van der Waals surface area contributed by atoms with Gasteiger partial charge in [0.05, 0.1) is 0 Å². The Balaban J connectivity index is 2.49. The van der Waals surface area contributed by atoms with Gasteiger partial charge in [-0.3, -0.25) is 15.2 Å². The van der Waals surface area contributed by atoms with E-state index in [4.69, 9.17) is 17.0 Å². The fraction of sp³-hybridized carbons (Fsp3) is 0.429. The molecule has 0 fully saturated rings. The van der Waals surface area contributed by atoms with Crippen LogP contribution in [0.4, 0.5) is 4.39 Å². The Hall–Kier alpha value is -1.73. The molecular weight excluding hydrogens is 293 g/mol. The van der Waals surface area contributed by atoms with Crippen LogP contribution in [0.2, 0.25) is 0 Å². The van der Waals surface area contributed by atoms with E-state index >= 15 is 0 Å². The number of aryl methyl sites for hydroxylation is 1. The average Bonchev–Trinajstić information content (AvgIpc) is 2.46. The molecule has 1 rings (SSSR count). The van der Waals surface area contributed by atoms with E-state index < -0.39 is 11.7 Å². The second kappa shape index (κ2) is 8.53. The van der Waals surface area contributed by atoms with Gasteiger partial charge in [0, 0.05) is 32.9 Å². The predicted octanol–water partition coefficient (Wildman–Crippen LogP) is 1.62. The maximum absolute atomic E-state index is 13.4. The summed E-state index contributed by atoms with van der Waals surface area (Å²) in [6, 6.07) is 4.33. The number of nitrogens with zero attached hydrogens (tertiary/aromatic N) is 1. The molecule has 1 aromatic rings. The molecule has 2 N–H and O–H groups in total. The molecule has 0 saturated carbocycles. The summed E-state index contributed by atoms with van der Waals surface area (Å²) in [6.45, 7) is 2.92. The van der Waals surface area contributed by atoms with Crippen molar-refractivity contribution in [3.63, 3.8) is 0 Å². The van der Waals surface area contributed by atoms with E-state index in [1.54, 1.807) is 33.2 Å². The molecule has 0 heterocycles. The van der Waals surface area contributed by atoms with E-state index in [0.717, 1.165) is 6.42 Å². The number of methoxy groups -OCH3 is 1. The number of rotatable bonds is 5. The summed E-state index contributed by atoms with van der Waals surface area (Å²) < 4.78 is 18.4. The van der Waals surface area contributed by atoms with Gasteiger partial charge in [-0.25, -0.2) is 4.39 Å². The minimum Gasteiger partial charge on any atom is -0.385 e. The van der Waals surface area contributed by atoms with Crippen LogP contribution in [-0.2, 0) is 4.74 Å². The van der Waals surface area contributed by atoms with Gasteiger partial charge >= 0.3 is 0 Å². The molecule has 0 aromatic heterocycles. The first-order valence-corrected chi connectivity index (χ1v) is 6.94. The molecule has 0 aliphatic heterocycles. The van der Waals surface area contributed by atoms with Gasteiger partial charge in [-0.15, -0.1) is 0 Å². The molecule has 116 valence electrons. The van der Waals surface area contributed by atoms with E-state index in [9.17, 15) is 9.18 Å². The zero-order chi connectivity index (χ0) is 15.8. The number of nitrogens with one attached hydrogen (secondary N) is 2.